The van der Waals surface area contributed by atoms with Crippen molar-refractivity contribution in [2.24, 2.45) is 5.92 Å². The predicted octanol–water partition coefficient (Wildman–Crippen LogP) is 1.38. The molecule has 3 nitrogen and oxygen atoms in total. The Morgan fingerprint density at radius 1 is 1.50 bits per heavy atom. The van der Waals surface area contributed by atoms with Crippen molar-refractivity contribution < 1.29 is 4.79 Å². The fourth-order valence-electron chi connectivity index (χ4n) is 2.21. The van der Waals surface area contributed by atoms with Crippen LogP contribution in [0.5, 0.6) is 0 Å². The molecule has 2 N–H and O–H groups in total. The molecule has 0 fully saturated rings. The van der Waals surface area contributed by atoms with Gasteiger partial charge in [-0.15, -0.1) is 0 Å². The average molecular weight is 220 g/mol. The number of hydrogen-bond acceptors (Lipinski definition) is 2. The average Bonchev–Trinajstić information content (AvgIpc) is 2.38. The first-order chi connectivity index (χ1) is 7.86. The molecule has 3 heteroatoms. The molecule has 0 spiro atoms. The van der Waals surface area contributed by atoms with Crippen molar-refractivity contribution in [1.29, 1.82) is 0 Å². The van der Waals surface area contributed by atoms with E-state index in [1.165, 1.54) is 5.57 Å². The van der Waals surface area contributed by atoms with Gasteiger partial charge in [0.2, 0.25) is 5.91 Å². The third-order valence-electron chi connectivity index (χ3n) is 3.29. The summed E-state index contributed by atoms with van der Waals surface area (Å²) < 4.78 is 0. The topological polar surface area (TPSA) is 41.1 Å². The molecule has 0 bridgehead atoms. The van der Waals surface area contributed by atoms with Gasteiger partial charge in [0.15, 0.2) is 0 Å². The van der Waals surface area contributed by atoms with Crippen molar-refractivity contribution >= 4 is 5.91 Å². The summed E-state index contributed by atoms with van der Waals surface area (Å²) in [4.78, 5) is 11.9. The van der Waals surface area contributed by atoms with E-state index in [2.05, 4.69) is 28.9 Å². The van der Waals surface area contributed by atoms with Crippen LogP contribution in [-0.4, -0.2) is 25.5 Å². The smallest absolute Gasteiger partial charge is 0.223 e. The van der Waals surface area contributed by atoms with Crippen molar-refractivity contribution in [3.05, 3.63) is 23.8 Å². The van der Waals surface area contributed by atoms with Gasteiger partial charge < -0.3 is 10.6 Å². The molecule has 0 saturated carbocycles. The Morgan fingerprint density at radius 2 is 2.44 bits per heavy atom. The van der Waals surface area contributed by atoms with Gasteiger partial charge >= 0.3 is 0 Å². The van der Waals surface area contributed by atoms with E-state index in [9.17, 15) is 4.79 Å². The minimum absolute atomic E-state index is 0.201. The van der Waals surface area contributed by atoms with E-state index in [1.807, 2.05) is 0 Å². The Bertz CT molecular complexity index is 307. The van der Waals surface area contributed by atoms with Crippen molar-refractivity contribution in [3.63, 3.8) is 0 Å². The minimum atomic E-state index is 0.201. The van der Waals surface area contributed by atoms with Crippen LogP contribution in [0.3, 0.4) is 0 Å². The van der Waals surface area contributed by atoms with Crippen molar-refractivity contribution in [2.75, 3.05) is 19.6 Å². The van der Waals surface area contributed by atoms with E-state index in [-0.39, 0.29) is 11.8 Å². The second-order valence-electron chi connectivity index (χ2n) is 4.52. The molecule has 1 atom stereocenters. The van der Waals surface area contributed by atoms with Gasteiger partial charge in [0, 0.05) is 19.0 Å². The fraction of sp³-hybridized carbons (Fsp3) is 0.615. The summed E-state index contributed by atoms with van der Waals surface area (Å²) in [5.74, 6) is 0.427. The normalized spacial score (nSPS) is 25.0. The molecule has 0 aromatic carbocycles. The van der Waals surface area contributed by atoms with Gasteiger partial charge in [-0.3, -0.25) is 4.79 Å². The Balaban J connectivity index is 1.74. The Kier molecular flexibility index (Phi) is 4.17. The zero-order valence-corrected chi connectivity index (χ0v) is 9.67. The molecule has 0 saturated heterocycles. The molecule has 1 amide bonds. The van der Waals surface area contributed by atoms with E-state index in [0.29, 0.717) is 0 Å². The molecule has 1 heterocycles. The highest BCUT2D eigenvalue weighted by atomic mass is 16.1. The molecular formula is C13H20N2O. The summed E-state index contributed by atoms with van der Waals surface area (Å²) in [5.41, 5.74) is 1.36. The van der Waals surface area contributed by atoms with E-state index in [0.717, 1.165) is 45.3 Å². The summed E-state index contributed by atoms with van der Waals surface area (Å²) in [6.07, 6.45) is 10.5. The summed E-state index contributed by atoms with van der Waals surface area (Å²) in [7, 11) is 0. The molecule has 2 aliphatic rings. The van der Waals surface area contributed by atoms with Crippen LogP contribution in [-0.2, 0) is 4.79 Å². The van der Waals surface area contributed by atoms with Crippen molar-refractivity contribution in [3.8, 4) is 0 Å². The second kappa shape index (κ2) is 5.85. The lowest BCUT2D eigenvalue weighted by Crippen LogP contribution is -2.34. The zero-order chi connectivity index (χ0) is 11.2. The molecule has 0 aromatic rings. The molecule has 16 heavy (non-hydrogen) atoms. The summed E-state index contributed by atoms with van der Waals surface area (Å²) in [6.45, 7) is 2.71. The predicted molar refractivity (Wildman–Crippen MR) is 65.1 cm³/mol. The van der Waals surface area contributed by atoms with E-state index < -0.39 is 0 Å². The molecule has 0 aromatic heterocycles. The quantitative estimate of drug-likeness (QED) is 0.705. The Hall–Kier alpha value is -1.09. The first-order valence-electron chi connectivity index (χ1n) is 6.17. The second-order valence-corrected chi connectivity index (χ2v) is 4.52. The lowest BCUT2D eigenvalue weighted by molar-refractivity contribution is -0.125. The SMILES string of the molecule is O=C(NCC1=CCNCC1)C1CC=CCC1. The van der Waals surface area contributed by atoms with Gasteiger partial charge in [-0.1, -0.05) is 23.8 Å². The van der Waals surface area contributed by atoms with Crippen LogP contribution in [0, 0.1) is 5.92 Å². The monoisotopic (exact) mass is 220 g/mol. The molecular weight excluding hydrogens is 200 g/mol. The number of allylic oxidation sites excluding steroid dienone is 2. The largest absolute Gasteiger partial charge is 0.352 e. The van der Waals surface area contributed by atoms with Gasteiger partial charge in [-0.2, -0.15) is 0 Å². The van der Waals surface area contributed by atoms with E-state index in [4.69, 9.17) is 0 Å². The lowest BCUT2D eigenvalue weighted by atomic mass is 9.93. The highest BCUT2D eigenvalue weighted by Crippen LogP contribution is 2.18. The maximum Gasteiger partial charge on any atom is 0.223 e. The Morgan fingerprint density at radius 3 is 3.12 bits per heavy atom. The zero-order valence-electron chi connectivity index (χ0n) is 9.67. The van der Waals surface area contributed by atoms with Crippen LogP contribution < -0.4 is 10.6 Å². The summed E-state index contributed by atoms with van der Waals surface area (Å²) in [5, 5.41) is 6.32. The maximum atomic E-state index is 11.9. The first kappa shape index (κ1) is 11.4. The van der Waals surface area contributed by atoms with Crippen LogP contribution >= 0.6 is 0 Å². The maximum absolute atomic E-state index is 11.9. The van der Waals surface area contributed by atoms with Gasteiger partial charge in [-0.05, 0) is 32.2 Å². The third-order valence-corrected chi connectivity index (χ3v) is 3.29. The standard InChI is InChI=1S/C13H20N2O/c16-13(12-4-2-1-3-5-12)15-10-11-6-8-14-9-7-11/h1-2,6,12,14H,3-5,7-10H2,(H,15,16). The van der Waals surface area contributed by atoms with Crippen molar-refractivity contribution in [1.82, 2.24) is 10.6 Å². The third kappa shape index (κ3) is 3.20. The van der Waals surface area contributed by atoms with Crippen LogP contribution in [0.1, 0.15) is 25.7 Å². The van der Waals surface area contributed by atoms with Gasteiger partial charge in [0.25, 0.3) is 0 Å². The van der Waals surface area contributed by atoms with Crippen LogP contribution in [0.4, 0.5) is 0 Å². The summed E-state index contributed by atoms with van der Waals surface area (Å²) >= 11 is 0. The van der Waals surface area contributed by atoms with E-state index in [1.54, 1.807) is 0 Å². The molecule has 2 rings (SSSR count). The number of hydrogen-bond donors (Lipinski definition) is 2. The van der Waals surface area contributed by atoms with E-state index >= 15 is 0 Å². The highest BCUT2D eigenvalue weighted by molar-refractivity contribution is 5.79. The number of nitrogens with one attached hydrogen (secondary N) is 2. The van der Waals surface area contributed by atoms with Crippen LogP contribution in [0.25, 0.3) is 0 Å². The Labute approximate surface area is 97.0 Å². The minimum Gasteiger partial charge on any atom is -0.352 e. The number of amides is 1. The van der Waals surface area contributed by atoms with Gasteiger partial charge in [-0.25, -0.2) is 0 Å². The number of carbonyl (C=O) groups is 1. The van der Waals surface area contributed by atoms with Crippen LogP contribution in [0.15, 0.2) is 23.8 Å². The molecule has 1 aliphatic carbocycles. The molecule has 0 radical (unpaired) electrons. The first-order valence-corrected chi connectivity index (χ1v) is 6.17. The summed E-state index contributed by atoms with van der Waals surface area (Å²) in [6, 6.07) is 0. The highest BCUT2D eigenvalue weighted by Gasteiger charge is 2.18. The molecule has 1 unspecified atom stereocenters. The fourth-order valence-corrected chi connectivity index (χ4v) is 2.21. The van der Waals surface area contributed by atoms with Gasteiger partial charge in [0.1, 0.15) is 0 Å². The van der Waals surface area contributed by atoms with Gasteiger partial charge in [0.05, 0.1) is 0 Å². The number of carbonyl (C=O) groups excluding carboxylic acids is 1. The van der Waals surface area contributed by atoms with Crippen molar-refractivity contribution in [2.45, 2.75) is 25.7 Å². The molecule has 1 aliphatic heterocycles. The molecule has 88 valence electrons. The van der Waals surface area contributed by atoms with Crippen LogP contribution in [0.2, 0.25) is 0 Å². The lowest BCUT2D eigenvalue weighted by Gasteiger charge is -2.19. The number of rotatable bonds is 3.